The van der Waals surface area contributed by atoms with Crippen molar-refractivity contribution in [2.24, 2.45) is 5.92 Å². The number of amides is 2. The summed E-state index contributed by atoms with van der Waals surface area (Å²) in [6.45, 7) is 3.44. The fraction of sp³-hybridized carbons (Fsp3) is 0.333. The molecular formula is C24H25ClN4O3S. The Bertz CT molecular complexity index is 1100. The average Bonchev–Trinajstić information content (AvgIpc) is 3.27. The molecule has 2 amide bonds. The number of piperidine rings is 1. The van der Waals surface area contributed by atoms with Crippen molar-refractivity contribution >= 4 is 40.6 Å². The van der Waals surface area contributed by atoms with Gasteiger partial charge in [-0.15, -0.1) is 11.3 Å². The van der Waals surface area contributed by atoms with Crippen LogP contribution in [0.3, 0.4) is 0 Å². The summed E-state index contributed by atoms with van der Waals surface area (Å²) in [5, 5.41) is 6.04. The second-order valence-corrected chi connectivity index (χ2v) is 9.42. The summed E-state index contributed by atoms with van der Waals surface area (Å²) in [4.78, 5) is 35.9. The lowest BCUT2D eigenvalue weighted by atomic mass is 9.96. The number of hydrogen-bond acceptors (Lipinski definition) is 6. The van der Waals surface area contributed by atoms with E-state index in [9.17, 15) is 9.59 Å². The maximum Gasteiger partial charge on any atom is 0.230 e. The molecule has 0 radical (unpaired) electrons. The summed E-state index contributed by atoms with van der Waals surface area (Å²) < 4.78 is 5.77. The Morgan fingerprint density at radius 3 is 2.82 bits per heavy atom. The summed E-state index contributed by atoms with van der Waals surface area (Å²) in [5.41, 5.74) is 1.90. The number of aromatic nitrogens is 2. The number of nitrogens with one attached hydrogen (secondary N) is 1. The molecule has 1 aliphatic rings. The highest BCUT2D eigenvalue weighted by atomic mass is 35.5. The molecule has 0 saturated carbocycles. The summed E-state index contributed by atoms with van der Waals surface area (Å²) in [6.07, 6.45) is 3.22. The molecule has 0 aliphatic carbocycles. The van der Waals surface area contributed by atoms with Crippen molar-refractivity contribution in [1.82, 2.24) is 14.9 Å². The Hall–Kier alpha value is -2.97. The summed E-state index contributed by atoms with van der Waals surface area (Å²) in [7, 11) is 0. The third-order valence-electron chi connectivity index (χ3n) is 5.44. The van der Waals surface area contributed by atoms with Crippen molar-refractivity contribution in [3.8, 4) is 5.75 Å². The Morgan fingerprint density at radius 1 is 1.24 bits per heavy atom. The van der Waals surface area contributed by atoms with E-state index in [0.717, 1.165) is 29.3 Å². The third-order valence-corrected chi connectivity index (χ3v) is 6.53. The first kappa shape index (κ1) is 23.2. The molecule has 1 aliphatic heterocycles. The summed E-state index contributed by atoms with van der Waals surface area (Å²) >= 11 is 7.32. The van der Waals surface area contributed by atoms with Gasteiger partial charge < -0.3 is 15.0 Å². The lowest BCUT2D eigenvalue weighted by Gasteiger charge is -2.32. The molecular weight excluding hydrogens is 460 g/mol. The second-order valence-electron chi connectivity index (χ2n) is 8.04. The van der Waals surface area contributed by atoms with Gasteiger partial charge in [0.2, 0.25) is 11.8 Å². The van der Waals surface area contributed by atoms with Crippen molar-refractivity contribution < 1.29 is 14.3 Å². The normalized spacial score (nSPS) is 15.8. The minimum atomic E-state index is -0.269. The number of nitrogens with zero attached hydrogens (tertiary/aromatic N) is 3. The Balaban J connectivity index is 1.27. The SMILES string of the molecule is Cc1ccc(OCc2nc(CC(=O)N3CCCC(C(=O)Nc4ccc(Cl)cn4)C3)cs2)cc1. The minimum Gasteiger partial charge on any atom is -0.486 e. The zero-order valence-corrected chi connectivity index (χ0v) is 19.9. The van der Waals surface area contributed by atoms with Crippen molar-refractivity contribution in [2.75, 3.05) is 18.4 Å². The number of likely N-dealkylation sites (tertiary alicyclic amines) is 1. The molecule has 9 heteroatoms. The van der Waals surface area contributed by atoms with Gasteiger partial charge >= 0.3 is 0 Å². The number of thiazole rings is 1. The van der Waals surface area contributed by atoms with Crippen LogP contribution < -0.4 is 10.1 Å². The van der Waals surface area contributed by atoms with Crippen molar-refractivity contribution in [3.63, 3.8) is 0 Å². The molecule has 1 unspecified atom stereocenters. The Kier molecular flexibility index (Phi) is 7.57. The van der Waals surface area contributed by atoms with Crippen LogP contribution in [0, 0.1) is 12.8 Å². The van der Waals surface area contributed by atoms with Crippen LogP contribution in [-0.4, -0.2) is 39.8 Å². The number of pyridine rings is 1. The number of hydrogen-bond donors (Lipinski definition) is 1. The molecule has 0 spiro atoms. The van der Waals surface area contributed by atoms with Crippen LogP contribution in [0.1, 0.15) is 29.1 Å². The average molecular weight is 485 g/mol. The Morgan fingerprint density at radius 2 is 2.06 bits per heavy atom. The van der Waals surface area contributed by atoms with Crippen molar-refractivity contribution in [3.05, 3.63) is 69.3 Å². The summed E-state index contributed by atoms with van der Waals surface area (Å²) in [5.74, 6) is 0.824. The van der Waals surface area contributed by atoms with Gasteiger partial charge in [0.15, 0.2) is 0 Å². The quantitative estimate of drug-likeness (QED) is 0.533. The molecule has 1 fully saturated rings. The van der Waals surface area contributed by atoms with Crippen LogP contribution in [0.2, 0.25) is 5.02 Å². The zero-order valence-electron chi connectivity index (χ0n) is 18.3. The van der Waals surface area contributed by atoms with E-state index in [4.69, 9.17) is 16.3 Å². The topological polar surface area (TPSA) is 84.4 Å². The molecule has 1 aromatic carbocycles. The van der Waals surface area contributed by atoms with E-state index in [2.05, 4.69) is 15.3 Å². The van der Waals surface area contributed by atoms with E-state index in [1.54, 1.807) is 17.0 Å². The van der Waals surface area contributed by atoms with Gasteiger partial charge in [0, 0.05) is 24.7 Å². The number of carbonyl (C=O) groups excluding carboxylic acids is 2. The molecule has 3 aromatic rings. The first-order chi connectivity index (χ1) is 16.0. The molecule has 33 heavy (non-hydrogen) atoms. The first-order valence-corrected chi connectivity index (χ1v) is 12.0. The predicted molar refractivity (Wildman–Crippen MR) is 129 cm³/mol. The maximum absolute atomic E-state index is 12.9. The van der Waals surface area contributed by atoms with E-state index in [-0.39, 0.29) is 24.2 Å². The van der Waals surface area contributed by atoms with Gasteiger partial charge in [-0.25, -0.2) is 9.97 Å². The van der Waals surface area contributed by atoms with Gasteiger partial charge in [-0.2, -0.15) is 0 Å². The van der Waals surface area contributed by atoms with E-state index in [1.165, 1.54) is 23.1 Å². The van der Waals surface area contributed by atoms with E-state index >= 15 is 0 Å². The van der Waals surface area contributed by atoms with Gasteiger partial charge in [0.25, 0.3) is 0 Å². The van der Waals surface area contributed by atoms with Crippen LogP contribution in [0.4, 0.5) is 5.82 Å². The molecule has 3 heterocycles. The fourth-order valence-corrected chi connectivity index (χ4v) is 4.46. The monoisotopic (exact) mass is 484 g/mol. The molecule has 7 nitrogen and oxygen atoms in total. The van der Waals surface area contributed by atoms with Crippen LogP contribution in [-0.2, 0) is 22.6 Å². The zero-order chi connectivity index (χ0) is 23.2. The highest BCUT2D eigenvalue weighted by molar-refractivity contribution is 7.09. The fourth-order valence-electron chi connectivity index (χ4n) is 3.64. The lowest BCUT2D eigenvalue weighted by molar-refractivity contribution is -0.134. The maximum atomic E-state index is 12.9. The number of aryl methyl sites for hydroxylation is 1. The van der Waals surface area contributed by atoms with Crippen LogP contribution in [0.5, 0.6) is 5.75 Å². The number of halogens is 1. The lowest BCUT2D eigenvalue weighted by Crippen LogP contribution is -2.44. The molecule has 2 aromatic heterocycles. The number of carbonyl (C=O) groups is 2. The molecule has 0 bridgehead atoms. The van der Waals surface area contributed by atoms with Gasteiger partial charge in [0.05, 0.1) is 23.1 Å². The van der Waals surface area contributed by atoms with E-state index < -0.39 is 0 Å². The molecule has 1 saturated heterocycles. The Labute approximate surface area is 201 Å². The first-order valence-electron chi connectivity index (χ1n) is 10.8. The van der Waals surface area contributed by atoms with Gasteiger partial charge in [-0.05, 0) is 44.0 Å². The van der Waals surface area contributed by atoms with Crippen LogP contribution in [0.15, 0.2) is 48.0 Å². The van der Waals surface area contributed by atoms with Gasteiger partial charge in [0.1, 0.15) is 23.2 Å². The summed E-state index contributed by atoms with van der Waals surface area (Å²) in [6, 6.07) is 11.2. The predicted octanol–water partition coefficient (Wildman–Crippen LogP) is 4.50. The second kappa shape index (κ2) is 10.8. The standard InChI is InChI=1S/C24H25ClN4O3S/c1-16-4-7-20(8-5-16)32-14-22-27-19(15-33-22)11-23(30)29-10-2-3-17(13-29)24(31)28-21-9-6-18(25)12-26-21/h4-9,12,15,17H,2-3,10-11,13-14H2,1H3,(H,26,28,31). The third kappa shape index (κ3) is 6.52. The highest BCUT2D eigenvalue weighted by Gasteiger charge is 2.29. The number of benzene rings is 1. The van der Waals surface area contributed by atoms with Crippen LogP contribution >= 0.6 is 22.9 Å². The largest absolute Gasteiger partial charge is 0.486 e. The minimum absolute atomic E-state index is 0.0200. The molecule has 1 N–H and O–H groups in total. The van der Waals surface area contributed by atoms with E-state index in [0.29, 0.717) is 30.5 Å². The van der Waals surface area contributed by atoms with E-state index in [1.807, 2.05) is 36.6 Å². The molecule has 172 valence electrons. The highest BCUT2D eigenvalue weighted by Crippen LogP contribution is 2.21. The van der Waals surface area contributed by atoms with Gasteiger partial charge in [-0.3, -0.25) is 9.59 Å². The van der Waals surface area contributed by atoms with Crippen LogP contribution in [0.25, 0.3) is 0 Å². The number of anilines is 1. The molecule has 4 rings (SSSR count). The molecule has 1 atom stereocenters. The van der Waals surface area contributed by atoms with Crippen molar-refractivity contribution in [1.29, 1.82) is 0 Å². The van der Waals surface area contributed by atoms with Gasteiger partial charge in [-0.1, -0.05) is 29.3 Å². The van der Waals surface area contributed by atoms with Crippen molar-refractivity contribution in [2.45, 2.75) is 32.8 Å². The number of ether oxygens (including phenoxy) is 1. The number of rotatable bonds is 7. The smallest absolute Gasteiger partial charge is 0.230 e.